The summed E-state index contributed by atoms with van der Waals surface area (Å²) >= 11 is 3.37. The SMILES string of the molecule is CC(Oc1cccc(Br)c1)C(=O)N1CCC(O)CC1. The number of aliphatic hydroxyl groups excluding tert-OH is 1. The molecule has 1 N–H and O–H groups in total. The first-order valence-corrected chi connectivity index (χ1v) is 7.24. The predicted molar refractivity (Wildman–Crippen MR) is 76.1 cm³/mol. The van der Waals surface area contributed by atoms with Crippen LogP contribution in [-0.2, 0) is 4.79 Å². The highest BCUT2D eigenvalue weighted by molar-refractivity contribution is 9.10. The van der Waals surface area contributed by atoms with Gasteiger partial charge in [-0.15, -0.1) is 0 Å². The van der Waals surface area contributed by atoms with Crippen molar-refractivity contribution in [3.63, 3.8) is 0 Å². The van der Waals surface area contributed by atoms with Crippen LogP contribution in [-0.4, -0.2) is 41.2 Å². The summed E-state index contributed by atoms with van der Waals surface area (Å²) < 4.78 is 6.58. The third-order valence-corrected chi connectivity index (χ3v) is 3.73. The van der Waals surface area contributed by atoms with Gasteiger partial charge in [0.2, 0.25) is 0 Å². The largest absolute Gasteiger partial charge is 0.481 e. The Morgan fingerprint density at radius 3 is 2.79 bits per heavy atom. The maximum atomic E-state index is 12.2. The maximum Gasteiger partial charge on any atom is 0.263 e. The summed E-state index contributed by atoms with van der Waals surface area (Å²) in [7, 11) is 0. The number of halogens is 1. The van der Waals surface area contributed by atoms with Crippen molar-refractivity contribution in [2.45, 2.75) is 32.0 Å². The minimum absolute atomic E-state index is 0.0214. The summed E-state index contributed by atoms with van der Waals surface area (Å²) in [5.41, 5.74) is 0. The summed E-state index contributed by atoms with van der Waals surface area (Å²) in [6.07, 6.45) is 0.514. The van der Waals surface area contributed by atoms with Crippen molar-refractivity contribution in [2.24, 2.45) is 0 Å². The molecule has 1 fully saturated rings. The van der Waals surface area contributed by atoms with Crippen molar-refractivity contribution in [2.75, 3.05) is 13.1 Å². The number of nitrogens with zero attached hydrogens (tertiary/aromatic N) is 1. The Kier molecular flexibility index (Phi) is 4.82. The van der Waals surface area contributed by atoms with Crippen molar-refractivity contribution in [3.8, 4) is 5.75 Å². The number of piperidine rings is 1. The number of benzene rings is 1. The Morgan fingerprint density at radius 1 is 1.47 bits per heavy atom. The topological polar surface area (TPSA) is 49.8 Å². The van der Waals surface area contributed by atoms with E-state index in [4.69, 9.17) is 4.74 Å². The fourth-order valence-corrected chi connectivity index (χ4v) is 2.52. The highest BCUT2D eigenvalue weighted by Gasteiger charge is 2.26. The van der Waals surface area contributed by atoms with Crippen LogP contribution in [0.25, 0.3) is 0 Å². The van der Waals surface area contributed by atoms with Crippen LogP contribution in [0.15, 0.2) is 28.7 Å². The van der Waals surface area contributed by atoms with Gasteiger partial charge in [-0.2, -0.15) is 0 Å². The molecule has 0 radical (unpaired) electrons. The summed E-state index contributed by atoms with van der Waals surface area (Å²) in [5, 5.41) is 9.44. The number of ether oxygens (including phenoxy) is 1. The molecule has 1 aromatic rings. The lowest BCUT2D eigenvalue weighted by molar-refractivity contribution is -0.139. The van der Waals surface area contributed by atoms with Gasteiger partial charge >= 0.3 is 0 Å². The summed E-state index contributed by atoms with van der Waals surface area (Å²) in [6, 6.07) is 7.44. The second-order valence-corrected chi connectivity index (χ2v) is 5.69. The van der Waals surface area contributed by atoms with Gasteiger partial charge < -0.3 is 14.7 Å². The first-order valence-electron chi connectivity index (χ1n) is 6.45. The monoisotopic (exact) mass is 327 g/mol. The zero-order chi connectivity index (χ0) is 13.8. The minimum atomic E-state index is -0.510. The Labute approximate surface area is 121 Å². The minimum Gasteiger partial charge on any atom is -0.481 e. The number of hydrogen-bond acceptors (Lipinski definition) is 3. The van der Waals surface area contributed by atoms with Gasteiger partial charge in [0, 0.05) is 17.6 Å². The molecule has 1 heterocycles. The Hall–Kier alpha value is -1.07. The molecular weight excluding hydrogens is 310 g/mol. The second-order valence-electron chi connectivity index (χ2n) is 4.77. The van der Waals surface area contributed by atoms with Crippen LogP contribution in [0.3, 0.4) is 0 Å². The fraction of sp³-hybridized carbons (Fsp3) is 0.500. The number of aliphatic hydroxyl groups is 1. The van der Waals surface area contributed by atoms with E-state index in [-0.39, 0.29) is 12.0 Å². The fourth-order valence-electron chi connectivity index (χ4n) is 2.14. The third kappa shape index (κ3) is 3.94. The van der Waals surface area contributed by atoms with E-state index in [1.807, 2.05) is 24.3 Å². The average Bonchev–Trinajstić information content (AvgIpc) is 2.39. The zero-order valence-electron chi connectivity index (χ0n) is 10.9. The van der Waals surface area contributed by atoms with Gasteiger partial charge in [0.05, 0.1) is 6.10 Å². The van der Waals surface area contributed by atoms with Crippen LogP contribution in [0.1, 0.15) is 19.8 Å². The molecule has 5 heteroatoms. The van der Waals surface area contributed by atoms with E-state index in [2.05, 4.69) is 15.9 Å². The van der Waals surface area contributed by atoms with E-state index in [0.717, 1.165) is 4.47 Å². The smallest absolute Gasteiger partial charge is 0.263 e. The van der Waals surface area contributed by atoms with Crippen LogP contribution < -0.4 is 4.74 Å². The summed E-state index contributed by atoms with van der Waals surface area (Å²) in [5.74, 6) is 0.652. The number of likely N-dealkylation sites (tertiary alicyclic amines) is 1. The summed E-state index contributed by atoms with van der Waals surface area (Å²) in [4.78, 5) is 14.0. The Bertz CT molecular complexity index is 444. The normalized spacial score (nSPS) is 18.2. The van der Waals surface area contributed by atoms with Crippen LogP contribution >= 0.6 is 15.9 Å². The van der Waals surface area contributed by atoms with Crippen molar-refractivity contribution in [1.82, 2.24) is 4.90 Å². The molecule has 19 heavy (non-hydrogen) atoms. The van der Waals surface area contributed by atoms with Gasteiger partial charge in [-0.25, -0.2) is 0 Å². The molecule has 1 aliphatic heterocycles. The molecule has 1 aliphatic rings. The first-order chi connectivity index (χ1) is 9.06. The molecule has 1 atom stereocenters. The second kappa shape index (κ2) is 6.39. The van der Waals surface area contributed by atoms with E-state index in [9.17, 15) is 9.90 Å². The molecule has 0 aliphatic carbocycles. The highest BCUT2D eigenvalue weighted by atomic mass is 79.9. The van der Waals surface area contributed by atoms with E-state index in [1.165, 1.54) is 0 Å². The molecule has 0 aromatic heterocycles. The van der Waals surface area contributed by atoms with Crippen molar-refractivity contribution in [1.29, 1.82) is 0 Å². The molecule has 2 rings (SSSR count). The zero-order valence-corrected chi connectivity index (χ0v) is 12.5. The van der Waals surface area contributed by atoms with Gasteiger partial charge in [0.25, 0.3) is 5.91 Å². The molecule has 0 spiro atoms. The lowest BCUT2D eigenvalue weighted by Crippen LogP contribution is -2.45. The molecule has 1 unspecified atom stereocenters. The molecular formula is C14H18BrNO3. The standard InChI is InChI=1S/C14H18BrNO3/c1-10(19-13-4-2-3-11(15)9-13)14(18)16-7-5-12(17)6-8-16/h2-4,9-10,12,17H,5-8H2,1H3. The van der Waals surface area contributed by atoms with E-state index < -0.39 is 6.10 Å². The van der Waals surface area contributed by atoms with Crippen LogP contribution in [0.2, 0.25) is 0 Å². The van der Waals surface area contributed by atoms with E-state index >= 15 is 0 Å². The number of carbonyl (C=O) groups is 1. The quantitative estimate of drug-likeness (QED) is 0.925. The average molecular weight is 328 g/mol. The number of carbonyl (C=O) groups excluding carboxylic acids is 1. The van der Waals surface area contributed by atoms with Crippen molar-refractivity contribution >= 4 is 21.8 Å². The van der Waals surface area contributed by atoms with Gasteiger partial charge in [-0.3, -0.25) is 4.79 Å². The van der Waals surface area contributed by atoms with Crippen molar-refractivity contribution in [3.05, 3.63) is 28.7 Å². The van der Waals surface area contributed by atoms with Crippen LogP contribution in [0.5, 0.6) is 5.75 Å². The molecule has 0 bridgehead atoms. The number of rotatable bonds is 3. The van der Waals surface area contributed by atoms with E-state index in [1.54, 1.807) is 11.8 Å². The van der Waals surface area contributed by atoms with Crippen LogP contribution in [0, 0.1) is 0 Å². The summed E-state index contributed by atoms with van der Waals surface area (Å²) in [6.45, 7) is 2.96. The molecule has 104 valence electrons. The Balaban J connectivity index is 1.92. The molecule has 0 saturated carbocycles. The van der Waals surface area contributed by atoms with Gasteiger partial charge in [0.1, 0.15) is 5.75 Å². The van der Waals surface area contributed by atoms with Crippen molar-refractivity contribution < 1.29 is 14.6 Å². The maximum absolute atomic E-state index is 12.2. The Morgan fingerprint density at radius 2 is 2.16 bits per heavy atom. The van der Waals surface area contributed by atoms with Gasteiger partial charge in [0.15, 0.2) is 6.10 Å². The third-order valence-electron chi connectivity index (χ3n) is 3.23. The lowest BCUT2D eigenvalue weighted by Gasteiger charge is -2.31. The van der Waals surface area contributed by atoms with E-state index in [0.29, 0.717) is 31.7 Å². The molecule has 4 nitrogen and oxygen atoms in total. The van der Waals surface area contributed by atoms with Gasteiger partial charge in [-0.05, 0) is 38.0 Å². The number of hydrogen-bond donors (Lipinski definition) is 1. The predicted octanol–water partition coefficient (Wildman–Crippen LogP) is 2.20. The molecule has 1 saturated heterocycles. The molecule has 1 amide bonds. The van der Waals surface area contributed by atoms with Crippen LogP contribution in [0.4, 0.5) is 0 Å². The lowest BCUT2D eigenvalue weighted by atomic mass is 10.1. The highest BCUT2D eigenvalue weighted by Crippen LogP contribution is 2.20. The molecule has 1 aromatic carbocycles. The first kappa shape index (κ1) is 14.3. The van der Waals surface area contributed by atoms with Gasteiger partial charge in [-0.1, -0.05) is 22.0 Å². The number of amides is 1.